The van der Waals surface area contributed by atoms with Crippen LogP contribution in [0, 0.1) is 6.92 Å². The largest absolute Gasteiger partial charge is 0.368 e. The molecule has 2 aromatic rings. The molecule has 0 unspecified atom stereocenters. The molecule has 0 atom stereocenters. The van der Waals surface area contributed by atoms with Crippen LogP contribution in [0.25, 0.3) is 6.08 Å². The van der Waals surface area contributed by atoms with Gasteiger partial charge in [-0.2, -0.15) is 0 Å². The van der Waals surface area contributed by atoms with E-state index in [1.807, 2.05) is 29.2 Å². The summed E-state index contributed by atoms with van der Waals surface area (Å²) in [5.74, 6) is 0.0956. The fraction of sp³-hybridized carbons (Fsp3) is 0.250. The predicted molar refractivity (Wildman–Crippen MR) is 95.4 cm³/mol. The third-order valence-electron chi connectivity index (χ3n) is 4.21. The average molecular weight is 306 g/mol. The first kappa shape index (κ1) is 15.3. The second-order valence-electron chi connectivity index (χ2n) is 5.89. The Morgan fingerprint density at radius 3 is 2.22 bits per heavy atom. The number of rotatable bonds is 3. The summed E-state index contributed by atoms with van der Waals surface area (Å²) in [6.07, 6.45) is 3.58. The summed E-state index contributed by atoms with van der Waals surface area (Å²) in [4.78, 5) is 16.5. The van der Waals surface area contributed by atoms with E-state index in [9.17, 15) is 4.79 Å². The molecule has 1 saturated heterocycles. The van der Waals surface area contributed by atoms with Crippen molar-refractivity contribution < 1.29 is 4.79 Å². The molecule has 23 heavy (non-hydrogen) atoms. The molecule has 0 aliphatic carbocycles. The third-order valence-corrected chi connectivity index (χ3v) is 4.21. The van der Waals surface area contributed by atoms with E-state index in [4.69, 9.17) is 0 Å². The number of amides is 1. The number of hydrogen-bond donors (Lipinski definition) is 0. The van der Waals surface area contributed by atoms with Crippen molar-refractivity contribution in [2.24, 2.45) is 0 Å². The fourth-order valence-electron chi connectivity index (χ4n) is 2.77. The number of benzene rings is 2. The molecule has 0 N–H and O–H groups in total. The van der Waals surface area contributed by atoms with Crippen LogP contribution in [0.15, 0.2) is 60.7 Å². The summed E-state index contributed by atoms with van der Waals surface area (Å²) in [6.45, 7) is 5.37. The molecule has 3 heteroatoms. The van der Waals surface area contributed by atoms with Crippen LogP contribution in [0.5, 0.6) is 0 Å². The molecular formula is C20H22N2O. The normalized spacial score (nSPS) is 15.2. The maximum absolute atomic E-state index is 12.3. The average Bonchev–Trinajstić information content (AvgIpc) is 2.62. The summed E-state index contributed by atoms with van der Waals surface area (Å²) >= 11 is 0. The number of hydrogen-bond acceptors (Lipinski definition) is 2. The first-order valence-corrected chi connectivity index (χ1v) is 8.06. The van der Waals surface area contributed by atoms with Crippen LogP contribution >= 0.6 is 0 Å². The molecule has 1 aliphatic heterocycles. The summed E-state index contributed by atoms with van der Waals surface area (Å²) in [5, 5.41) is 0. The lowest BCUT2D eigenvalue weighted by molar-refractivity contribution is -0.126. The van der Waals surface area contributed by atoms with Crippen molar-refractivity contribution in [2.75, 3.05) is 31.1 Å². The minimum atomic E-state index is 0.0956. The Bertz CT molecular complexity index is 669. The van der Waals surface area contributed by atoms with Crippen molar-refractivity contribution in [3.8, 4) is 0 Å². The van der Waals surface area contributed by atoms with Gasteiger partial charge in [-0.1, -0.05) is 48.0 Å². The van der Waals surface area contributed by atoms with Gasteiger partial charge in [-0.3, -0.25) is 4.79 Å². The van der Waals surface area contributed by atoms with E-state index in [2.05, 4.69) is 48.2 Å². The SMILES string of the molecule is Cc1ccc(C=CC(=O)N2CCN(c3ccccc3)CC2)cc1. The van der Waals surface area contributed by atoms with E-state index in [1.165, 1.54) is 11.3 Å². The van der Waals surface area contributed by atoms with Gasteiger partial charge in [0.05, 0.1) is 0 Å². The van der Waals surface area contributed by atoms with Crippen molar-refractivity contribution >= 4 is 17.7 Å². The molecule has 0 radical (unpaired) electrons. The first-order chi connectivity index (χ1) is 11.2. The standard InChI is InChI=1S/C20H22N2O/c1-17-7-9-18(10-8-17)11-12-20(23)22-15-13-21(14-16-22)19-5-3-2-4-6-19/h2-12H,13-16H2,1H3. The van der Waals surface area contributed by atoms with Crippen LogP contribution in [-0.2, 0) is 4.79 Å². The Morgan fingerprint density at radius 2 is 1.57 bits per heavy atom. The molecular weight excluding hydrogens is 284 g/mol. The van der Waals surface area contributed by atoms with Gasteiger partial charge in [0.15, 0.2) is 0 Å². The molecule has 1 aliphatic rings. The zero-order valence-electron chi connectivity index (χ0n) is 13.5. The Morgan fingerprint density at radius 1 is 0.913 bits per heavy atom. The molecule has 1 heterocycles. The number of para-hydroxylation sites is 1. The van der Waals surface area contributed by atoms with Gasteiger partial charge >= 0.3 is 0 Å². The van der Waals surface area contributed by atoms with Crippen molar-refractivity contribution in [1.29, 1.82) is 0 Å². The molecule has 118 valence electrons. The van der Waals surface area contributed by atoms with Gasteiger partial charge in [0.25, 0.3) is 0 Å². The van der Waals surface area contributed by atoms with Crippen LogP contribution in [0.3, 0.4) is 0 Å². The van der Waals surface area contributed by atoms with Crippen LogP contribution in [-0.4, -0.2) is 37.0 Å². The highest BCUT2D eigenvalue weighted by Crippen LogP contribution is 2.15. The molecule has 0 saturated carbocycles. The van der Waals surface area contributed by atoms with Crippen LogP contribution in [0.4, 0.5) is 5.69 Å². The number of carbonyl (C=O) groups is 1. The van der Waals surface area contributed by atoms with Crippen molar-refractivity contribution in [1.82, 2.24) is 4.90 Å². The third kappa shape index (κ3) is 4.01. The number of aryl methyl sites for hydroxylation is 1. The molecule has 3 rings (SSSR count). The minimum Gasteiger partial charge on any atom is -0.368 e. The molecule has 0 spiro atoms. The second-order valence-corrected chi connectivity index (χ2v) is 5.89. The molecule has 0 bridgehead atoms. The van der Waals surface area contributed by atoms with Crippen molar-refractivity contribution in [3.05, 3.63) is 71.8 Å². The highest BCUT2D eigenvalue weighted by Gasteiger charge is 2.19. The maximum Gasteiger partial charge on any atom is 0.246 e. The first-order valence-electron chi connectivity index (χ1n) is 8.06. The quantitative estimate of drug-likeness (QED) is 0.812. The summed E-state index contributed by atoms with van der Waals surface area (Å²) in [6, 6.07) is 18.6. The highest BCUT2D eigenvalue weighted by atomic mass is 16.2. The van der Waals surface area contributed by atoms with Gasteiger partial charge < -0.3 is 9.80 Å². The monoisotopic (exact) mass is 306 g/mol. The van der Waals surface area contributed by atoms with E-state index < -0.39 is 0 Å². The number of anilines is 1. The minimum absolute atomic E-state index is 0.0956. The van der Waals surface area contributed by atoms with E-state index in [0.717, 1.165) is 31.7 Å². The van der Waals surface area contributed by atoms with Crippen LogP contribution < -0.4 is 4.90 Å². The number of carbonyl (C=O) groups excluding carboxylic acids is 1. The lowest BCUT2D eigenvalue weighted by Crippen LogP contribution is -2.48. The fourth-order valence-corrected chi connectivity index (χ4v) is 2.77. The molecule has 1 amide bonds. The topological polar surface area (TPSA) is 23.6 Å². The predicted octanol–water partition coefficient (Wildman–Crippen LogP) is 3.36. The Labute approximate surface area is 137 Å². The lowest BCUT2D eigenvalue weighted by atomic mass is 10.1. The maximum atomic E-state index is 12.3. The molecule has 0 aromatic heterocycles. The van der Waals surface area contributed by atoms with Gasteiger partial charge in [0.2, 0.25) is 5.91 Å². The molecule has 3 nitrogen and oxygen atoms in total. The van der Waals surface area contributed by atoms with Gasteiger partial charge in [-0.25, -0.2) is 0 Å². The smallest absolute Gasteiger partial charge is 0.246 e. The zero-order chi connectivity index (χ0) is 16.1. The van der Waals surface area contributed by atoms with Gasteiger partial charge in [0, 0.05) is 37.9 Å². The summed E-state index contributed by atoms with van der Waals surface area (Å²) in [5.41, 5.74) is 3.52. The molecule has 2 aromatic carbocycles. The summed E-state index contributed by atoms with van der Waals surface area (Å²) in [7, 11) is 0. The second kappa shape index (κ2) is 7.14. The van der Waals surface area contributed by atoms with E-state index in [1.54, 1.807) is 6.08 Å². The Kier molecular flexibility index (Phi) is 4.77. The van der Waals surface area contributed by atoms with E-state index in [-0.39, 0.29) is 5.91 Å². The summed E-state index contributed by atoms with van der Waals surface area (Å²) < 4.78 is 0. The van der Waals surface area contributed by atoms with Crippen molar-refractivity contribution in [2.45, 2.75) is 6.92 Å². The van der Waals surface area contributed by atoms with Gasteiger partial charge in [-0.05, 0) is 30.7 Å². The van der Waals surface area contributed by atoms with E-state index in [0.29, 0.717) is 0 Å². The zero-order valence-corrected chi connectivity index (χ0v) is 13.5. The van der Waals surface area contributed by atoms with Crippen LogP contribution in [0.1, 0.15) is 11.1 Å². The Balaban J connectivity index is 1.55. The highest BCUT2D eigenvalue weighted by molar-refractivity contribution is 5.92. The van der Waals surface area contributed by atoms with Crippen molar-refractivity contribution in [3.63, 3.8) is 0 Å². The van der Waals surface area contributed by atoms with E-state index >= 15 is 0 Å². The molecule has 1 fully saturated rings. The lowest BCUT2D eigenvalue weighted by Gasteiger charge is -2.35. The number of nitrogens with zero attached hydrogens (tertiary/aromatic N) is 2. The Hall–Kier alpha value is -2.55. The number of piperazine rings is 1. The van der Waals surface area contributed by atoms with Gasteiger partial charge in [-0.15, -0.1) is 0 Å². The van der Waals surface area contributed by atoms with Crippen LogP contribution in [0.2, 0.25) is 0 Å². The van der Waals surface area contributed by atoms with Gasteiger partial charge in [0.1, 0.15) is 0 Å².